The van der Waals surface area contributed by atoms with Crippen LogP contribution >= 0.6 is 15.9 Å². The van der Waals surface area contributed by atoms with Crippen molar-refractivity contribution in [3.63, 3.8) is 0 Å². The third kappa shape index (κ3) is 3.90. The number of furan rings is 1. The molecule has 4 nitrogen and oxygen atoms in total. The van der Waals surface area contributed by atoms with E-state index in [0.717, 1.165) is 49.2 Å². The molecule has 0 bridgehead atoms. The summed E-state index contributed by atoms with van der Waals surface area (Å²) in [7, 11) is 0. The number of hydrogen-bond donors (Lipinski definition) is 1. The lowest BCUT2D eigenvalue weighted by Gasteiger charge is -2.46. The smallest absolute Gasteiger partial charge is 0.118 e. The SMILES string of the molecule is Brc1coc(CNCC[C@@]2(c3ccccn3)CCOC3(CCCC3)C2)c1. The Morgan fingerprint density at radius 2 is 2.08 bits per heavy atom. The second-order valence-corrected chi connectivity index (χ2v) is 8.73. The van der Waals surface area contributed by atoms with Gasteiger partial charge in [-0.25, -0.2) is 0 Å². The van der Waals surface area contributed by atoms with Crippen LogP contribution in [0, 0.1) is 0 Å². The topological polar surface area (TPSA) is 47.3 Å². The standard InChI is InChI=1S/C21H27BrN2O2/c22-17-13-18(25-15-17)14-23-11-8-20(19-5-1-4-10-24-19)9-12-26-21(16-20)6-2-3-7-21/h1,4-5,10,13,15,23H,2-3,6-9,11-12,14,16H2/t20-/m1/s1. The highest BCUT2D eigenvalue weighted by Gasteiger charge is 2.48. The van der Waals surface area contributed by atoms with E-state index in [1.807, 2.05) is 18.3 Å². The zero-order valence-corrected chi connectivity index (χ0v) is 16.8. The van der Waals surface area contributed by atoms with Crippen LogP contribution in [0.1, 0.15) is 56.4 Å². The van der Waals surface area contributed by atoms with Gasteiger partial charge in [-0.05, 0) is 72.8 Å². The zero-order chi connectivity index (χ0) is 17.9. The molecule has 1 saturated carbocycles. The van der Waals surface area contributed by atoms with Crippen molar-refractivity contribution in [2.24, 2.45) is 0 Å². The number of rotatable bonds is 6. The minimum atomic E-state index is 0.0850. The van der Waals surface area contributed by atoms with Gasteiger partial charge in [0.05, 0.1) is 16.6 Å². The Labute approximate surface area is 163 Å². The van der Waals surface area contributed by atoms with Crippen molar-refractivity contribution in [3.8, 4) is 0 Å². The van der Waals surface area contributed by atoms with Gasteiger partial charge in [0, 0.05) is 23.9 Å². The lowest BCUT2D eigenvalue weighted by molar-refractivity contribution is -0.104. The predicted octanol–water partition coefficient (Wildman–Crippen LogP) is 4.98. The summed E-state index contributed by atoms with van der Waals surface area (Å²) >= 11 is 3.43. The van der Waals surface area contributed by atoms with Crippen LogP contribution in [-0.4, -0.2) is 23.7 Å². The molecule has 2 fully saturated rings. The van der Waals surface area contributed by atoms with Crippen molar-refractivity contribution in [3.05, 3.63) is 52.7 Å². The number of hydrogen-bond acceptors (Lipinski definition) is 4. The average Bonchev–Trinajstić information content (AvgIpc) is 3.29. The first-order chi connectivity index (χ1) is 12.7. The molecular formula is C21H27BrN2O2. The van der Waals surface area contributed by atoms with E-state index in [0.29, 0.717) is 0 Å². The number of aromatic nitrogens is 1. The van der Waals surface area contributed by atoms with Crippen molar-refractivity contribution in [1.29, 1.82) is 0 Å². The van der Waals surface area contributed by atoms with Crippen LogP contribution in [0.3, 0.4) is 0 Å². The van der Waals surface area contributed by atoms with Crippen LogP contribution in [-0.2, 0) is 16.7 Å². The second kappa shape index (κ2) is 7.83. The maximum Gasteiger partial charge on any atom is 0.118 e. The van der Waals surface area contributed by atoms with Crippen LogP contribution in [0.5, 0.6) is 0 Å². The summed E-state index contributed by atoms with van der Waals surface area (Å²) in [4.78, 5) is 4.76. The lowest BCUT2D eigenvalue weighted by atomic mass is 9.68. The molecule has 1 saturated heterocycles. The largest absolute Gasteiger partial charge is 0.467 e. The van der Waals surface area contributed by atoms with E-state index in [2.05, 4.69) is 33.4 Å². The van der Waals surface area contributed by atoms with Gasteiger partial charge in [0.15, 0.2) is 0 Å². The molecule has 3 heterocycles. The Morgan fingerprint density at radius 3 is 2.81 bits per heavy atom. The van der Waals surface area contributed by atoms with E-state index in [4.69, 9.17) is 14.1 Å². The number of pyridine rings is 1. The van der Waals surface area contributed by atoms with Gasteiger partial charge >= 0.3 is 0 Å². The van der Waals surface area contributed by atoms with Crippen LogP contribution < -0.4 is 5.32 Å². The number of halogens is 1. The second-order valence-electron chi connectivity index (χ2n) is 7.82. The Balaban J connectivity index is 1.46. The molecule has 0 aromatic carbocycles. The highest BCUT2D eigenvalue weighted by Crippen LogP contribution is 2.49. The van der Waals surface area contributed by atoms with Crippen molar-refractivity contribution in [2.75, 3.05) is 13.2 Å². The lowest BCUT2D eigenvalue weighted by Crippen LogP contribution is -2.47. The molecule has 1 N–H and O–H groups in total. The summed E-state index contributed by atoms with van der Waals surface area (Å²) in [5.41, 5.74) is 1.43. The van der Waals surface area contributed by atoms with Crippen LogP contribution in [0.25, 0.3) is 0 Å². The van der Waals surface area contributed by atoms with Crippen LogP contribution in [0.2, 0.25) is 0 Å². The highest BCUT2D eigenvalue weighted by atomic mass is 79.9. The molecule has 5 heteroatoms. The molecule has 26 heavy (non-hydrogen) atoms. The van der Waals surface area contributed by atoms with Gasteiger partial charge in [-0.3, -0.25) is 4.98 Å². The van der Waals surface area contributed by atoms with Crippen molar-refractivity contribution >= 4 is 15.9 Å². The Bertz CT molecular complexity index is 712. The van der Waals surface area contributed by atoms with Gasteiger partial charge in [0.2, 0.25) is 0 Å². The molecule has 2 aliphatic rings. The minimum absolute atomic E-state index is 0.0850. The summed E-state index contributed by atoms with van der Waals surface area (Å²) in [6.07, 6.45) is 11.9. The summed E-state index contributed by atoms with van der Waals surface area (Å²) in [5.74, 6) is 0.961. The zero-order valence-electron chi connectivity index (χ0n) is 15.2. The minimum Gasteiger partial charge on any atom is -0.467 e. The predicted molar refractivity (Wildman–Crippen MR) is 105 cm³/mol. The average molecular weight is 419 g/mol. The quantitative estimate of drug-likeness (QED) is 0.671. The van der Waals surface area contributed by atoms with E-state index in [1.54, 1.807) is 6.26 Å². The fourth-order valence-corrected chi connectivity index (χ4v) is 5.13. The molecule has 0 amide bonds. The first-order valence-electron chi connectivity index (χ1n) is 9.69. The summed E-state index contributed by atoms with van der Waals surface area (Å²) in [5, 5.41) is 3.55. The third-order valence-corrected chi connectivity index (χ3v) is 6.49. The van der Waals surface area contributed by atoms with Gasteiger partial charge in [-0.15, -0.1) is 0 Å². The molecule has 1 aliphatic heterocycles. The maximum atomic E-state index is 6.31. The van der Waals surface area contributed by atoms with E-state index >= 15 is 0 Å². The fraction of sp³-hybridized carbons (Fsp3) is 0.571. The van der Waals surface area contributed by atoms with Gasteiger partial charge in [0.1, 0.15) is 12.0 Å². The molecule has 0 unspecified atom stereocenters. The van der Waals surface area contributed by atoms with Crippen molar-refractivity contribution < 1.29 is 9.15 Å². The van der Waals surface area contributed by atoms with Gasteiger partial charge in [-0.1, -0.05) is 18.9 Å². The molecule has 1 spiro atoms. The monoisotopic (exact) mass is 418 g/mol. The summed E-state index contributed by atoms with van der Waals surface area (Å²) < 4.78 is 12.8. The number of nitrogens with zero attached hydrogens (tertiary/aromatic N) is 1. The maximum absolute atomic E-state index is 6.31. The molecule has 4 rings (SSSR count). The van der Waals surface area contributed by atoms with Gasteiger partial charge in [-0.2, -0.15) is 0 Å². The van der Waals surface area contributed by atoms with Crippen molar-refractivity contribution in [1.82, 2.24) is 10.3 Å². The first kappa shape index (κ1) is 18.2. The fourth-order valence-electron chi connectivity index (χ4n) is 4.78. The summed E-state index contributed by atoms with van der Waals surface area (Å²) in [6.45, 7) is 2.55. The number of ether oxygens (including phenoxy) is 1. The van der Waals surface area contributed by atoms with E-state index in [1.165, 1.54) is 31.4 Å². The number of nitrogens with one attached hydrogen (secondary N) is 1. The van der Waals surface area contributed by atoms with E-state index < -0.39 is 0 Å². The van der Waals surface area contributed by atoms with Gasteiger partial charge < -0.3 is 14.5 Å². The van der Waals surface area contributed by atoms with Gasteiger partial charge in [0.25, 0.3) is 0 Å². The molecule has 2 aromatic heterocycles. The molecule has 1 aliphatic carbocycles. The first-order valence-corrected chi connectivity index (χ1v) is 10.5. The normalized spacial score (nSPS) is 25.0. The molecule has 0 radical (unpaired) electrons. The molecular weight excluding hydrogens is 392 g/mol. The third-order valence-electron chi connectivity index (χ3n) is 6.07. The Kier molecular flexibility index (Phi) is 5.48. The Morgan fingerprint density at radius 1 is 1.19 bits per heavy atom. The van der Waals surface area contributed by atoms with E-state index in [9.17, 15) is 0 Å². The van der Waals surface area contributed by atoms with Crippen molar-refractivity contribution in [2.45, 2.75) is 62.5 Å². The molecule has 140 valence electrons. The molecule has 2 aromatic rings. The highest BCUT2D eigenvalue weighted by molar-refractivity contribution is 9.10. The van der Waals surface area contributed by atoms with Crippen LogP contribution in [0.15, 0.2) is 45.6 Å². The Hall–Kier alpha value is -1.17. The summed E-state index contributed by atoms with van der Waals surface area (Å²) in [6, 6.07) is 8.35. The van der Waals surface area contributed by atoms with E-state index in [-0.39, 0.29) is 11.0 Å². The van der Waals surface area contributed by atoms with Crippen LogP contribution in [0.4, 0.5) is 0 Å². The molecule has 1 atom stereocenters.